The summed E-state index contributed by atoms with van der Waals surface area (Å²) in [5, 5.41) is 3.83. The van der Waals surface area contributed by atoms with E-state index in [9.17, 15) is 14.0 Å². The maximum atomic E-state index is 13.9. The first-order chi connectivity index (χ1) is 18.1. The third kappa shape index (κ3) is 6.60. The number of rotatable bonds is 9. The van der Waals surface area contributed by atoms with Crippen molar-refractivity contribution in [2.24, 2.45) is 0 Å². The fourth-order valence-corrected chi connectivity index (χ4v) is 4.82. The van der Waals surface area contributed by atoms with Crippen LogP contribution in [-0.2, 0) is 16.0 Å². The Bertz CT molecular complexity index is 1350. The molecule has 1 fully saturated rings. The second-order valence-electron chi connectivity index (χ2n) is 10.1. The van der Waals surface area contributed by atoms with Crippen LogP contribution in [0.3, 0.4) is 0 Å². The number of ether oxygens (including phenoxy) is 1. The van der Waals surface area contributed by atoms with Gasteiger partial charge in [0.1, 0.15) is 11.6 Å². The summed E-state index contributed by atoms with van der Waals surface area (Å²) in [5.74, 6) is 0.239. The molecule has 202 valence electrons. The number of nitrogens with zero attached hydrogens (tertiary/aromatic N) is 3. The summed E-state index contributed by atoms with van der Waals surface area (Å²) in [5.41, 5.74) is 3.66. The summed E-state index contributed by atoms with van der Waals surface area (Å²) < 4.78 is 19.9. The SMILES string of the molecule is Cc1c(CC(=O)NC(C)C)c(-c2ccc(F)c(Cl)c2)nc2ccc(OCCCN3CCN(C)C(=O)C3)cc12. The third-order valence-corrected chi connectivity index (χ3v) is 7.04. The number of likely N-dealkylation sites (N-methyl/N-ethyl adjacent to an activating group) is 1. The molecule has 1 saturated heterocycles. The second kappa shape index (κ2) is 12.1. The molecular weight excluding hydrogens is 507 g/mol. The van der Waals surface area contributed by atoms with Crippen LogP contribution >= 0.6 is 11.6 Å². The molecule has 4 rings (SSSR count). The fraction of sp³-hybridized carbons (Fsp3) is 0.414. The number of hydrogen-bond acceptors (Lipinski definition) is 5. The Kier molecular flexibility index (Phi) is 8.84. The molecule has 9 heteroatoms. The van der Waals surface area contributed by atoms with Crippen LogP contribution in [0.4, 0.5) is 4.39 Å². The van der Waals surface area contributed by atoms with Crippen molar-refractivity contribution in [1.29, 1.82) is 0 Å². The van der Waals surface area contributed by atoms with Gasteiger partial charge in [-0.2, -0.15) is 0 Å². The first-order valence-corrected chi connectivity index (χ1v) is 13.3. The summed E-state index contributed by atoms with van der Waals surface area (Å²) >= 11 is 6.07. The predicted molar refractivity (Wildman–Crippen MR) is 148 cm³/mol. The van der Waals surface area contributed by atoms with Gasteiger partial charge >= 0.3 is 0 Å². The van der Waals surface area contributed by atoms with Gasteiger partial charge in [0.25, 0.3) is 0 Å². The van der Waals surface area contributed by atoms with Crippen molar-refractivity contribution >= 4 is 34.3 Å². The normalized spacial score (nSPS) is 14.4. The Hall–Kier alpha value is -3.23. The quantitative estimate of drug-likeness (QED) is 0.401. The van der Waals surface area contributed by atoms with E-state index in [0.29, 0.717) is 30.2 Å². The summed E-state index contributed by atoms with van der Waals surface area (Å²) in [6.07, 6.45) is 0.934. The van der Waals surface area contributed by atoms with Crippen molar-refractivity contribution in [3.63, 3.8) is 0 Å². The number of halogens is 2. The van der Waals surface area contributed by atoms with Crippen molar-refractivity contribution in [3.05, 3.63) is 58.4 Å². The van der Waals surface area contributed by atoms with Crippen LogP contribution in [0.5, 0.6) is 5.75 Å². The average Bonchev–Trinajstić information content (AvgIpc) is 2.87. The summed E-state index contributed by atoms with van der Waals surface area (Å²) in [4.78, 5) is 33.4. The van der Waals surface area contributed by atoms with Gasteiger partial charge in [0.05, 0.1) is 35.8 Å². The molecule has 2 heterocycles. The highest BCUT2D eigenvalue weighted by Gasteiger charge is 2.21. The number of aromatic nitrogens is 1. The highest BCUT2D eigenvalue weighted by molar-refractivity contribution is 6.31. The Morgan fingerprint density at radius 1 is 1.21 bits per heavy atom. The van der Waals surface area contributed by atoms with Crippen molar-refractivity contribution in [3.8, 4) is 17.0 Å². The molecule has 2 amide bonds. The van der Waals surface area contributed by atoms with Crippen molar-refractivity contribution < 1.29 is 18.7 Å². The minimum absolute atomic E-state index is 0.00362. The molecule has 0 saturated carbocycles. The lowest BCUT2D eigenvalue weighted by atomic mass is 9.95. The van der Waals surface area contributed by atoms with Gasteiger partial charge in [0.15, 0.2) is 0 Å². The van der Waals surface area contributed by atoms with Crippen LogP contribution in [-0.4, -0.2) is 72.5 Å². The molecule has 2 aromatic carbocycles. The molecule has 0 aliphatic carbocycles. The predicted octanol–water partition coefficient (Wildman–Crippen LogP) is 4.61. The molecule has 1 aliphatic heterocycles. The maximum absolute atomic E-state index is 13.9. The number of piperazine rings is 1. The summed E-state index contributed by atoms with van der Waals surface area (Å²) in [6, 6.07) is 10.2. The van der Waals surface area contributed by atoms with Gasteiger partial charge in [-0.3, -0.25) is 14.5 Å². The van der Waals surface area contributed by atoms with Crippen LogP contribution in [0, 0.1) is 12.7 Å². The number of fused-ring (bicyclic) bond motifs is 1. The number of benzene rings is 2. The maximum Gasteiger partial charge on any atom is 0.236 e. The highest BCUT2D eigenvalue weighted by atomic mass is 35.5. The first kappa shape index (κ1) is 27.8. The van der Waals surface area contributed by atoms with E-state index in [4.69, 9.17) is 21.3 Å². The average molecular weight is 541 g/mol. The Morgan fingerprint density at radius 2 is 2.00 bits per heavy atom. The highest BCUT2D eigenvalue weighted by Crippen LogP contribution is 2.33. The van der Waals surface area contributed by atoms with E-state index in [-0.39, 0.29) is 29.3 Å². The zero-order chi connectivity index (χ0) is 27.4. The van der Waals surface area contributed by atoms with E-state index in [0.717, 1.165) is 48.1 Å². The third-order valence-electron chi connectivity index (χ3n) is 6.75. The molecule has 0 unspecified atom stereocenters. The second-order valence-corrected chi connectivity index (χ2v) is 10.5. The summed E-state index contributed by atoms with van der Waals surface area (Å²) in [7, 11) is 1.83. The molecule has 1 aliphatic rings. The molecule has 7 nitrogen and oxygen atoms in total. The van der Waals surface area contributed by atoms with Crippen LogP contribution in [0.25, 0.3) is 22.2 Å². The van der Waals surface area contributed by atoms with E-state index in [1.54, 1.807) is 17.0 Å². The lowest BCUT2D eigenvalue weighted by molar-refractivity contribution is -0.134. The number of nitrogens with one attached hydrogen (secondary N) is 1. The largest absolute Gasteiger partial charge is 0.494 e. The summed E-state index contributed by atoms with van der Waals surface area (Å²) in [6.45, 7) is 9.18. The number of amides is 2. The van der Waals surface area contributed by atoms with Crippen molar-refractivity contribution in [2.75, 3.05) is 39.8 Å². The Morgan fingerprint density at radius 3 is 2.71 bits per heavy atom. The van der Waals surface area contributed by atoms with E-state index >= 15 is 0 Å². The standard InChI is InChI=1S/C29H34ClFN4O3/c1-18(2)32-27(36)16-23-19(3)22-15-21(38-13-5-10-35-12-11-34(4)28(37)17-35)7-9-26(22)33-29(23)20-6-8-25(31)24(30)14-20/h6-9,14-15,18H,5,10-13,16-17H2,1-4H3,(H,32,36). The van der Waals surface area contributed by atoms with Gasteiger partial charge < -0.3 is 15.0 Å². The molecule has 1 aromatic heterocycles. The van der Waals surface area contributed by atoms with Crippen molar-refractivity contribution in [2.45, 2.75) is 39.7 Å². The zero-order valence-corrected chi connectivity index (χ0v) is 23.1. The minimum Gasteiger partial charge on any atom is -0.494 e. The molecule has 0 atom stereocenters. The van der Waals surface area contributed by atoms with Gasteiger partial charge in [0, 0.05) is 43.7 Å². The smallest absolute Gasteiger partial charge is 0.236 e. The first-order valence-electron chi connectivity index (χ1n) is 12.9. The van der Waals surface area contributed by atoms with Gasteiger partial charge in [-0.25, -0.2) is 9.37 Å². The lowest BCUT2D eigenvalue weighted by Crippen LogP contribution is -2.48. The number of hydrogen-bond donors (Lipinski definition) is 1. The lowest BCUT2D eigenvalue weighted by Gasteiger charge is -2.31. The van der Waals surface area contributed by atoms with E-state index < -0.39 is 5.82 Å². The number of pyridine rings is 1. The van der Waals surface area contributed by atoms with E-state index in [1.807, 2.05) is 46.0 Å². The number of carbonyl (C=O) groups is 2. The van der Waals surface area contributed by atoms with Crippen LogP contribution < -0.4 is 10.1 Å². The van der Waals surface area contributed by atoms with Crippen LogP contribution in [0.15, 0.2) is 36.4 Å². The Balaban J connectivity index is 1.57. The number of carbonyl (C=O) groups excluding carboxylic acids is 2. The van der Waals surface area contributed by atoms with Gasteiger partial charge in [0.2, 0.25) is 11.8 Å². The van der Waals surface area contributed by atoms with Crippen LogP contribution in [0.1, 0.15) is 31.4 Å². The minimum atomic E-state index is -0.506. The van der Waals surface area contributed by atoms with Gasteiger partial charge in [-0.1, -0.05) is 11.6 Å². The molecule has 0 spiro atoms. The van der Waals surface area contributed by atoms with Crippen molar-refractivity contribution in [1.82, 2.24) is 20.1 Å². The van der Waals surface area contributed by atoms with Crippen LogP contribution in [0.2, 0.25) is 5.02 Å². The molecule has 0 bridgehead atoms. The molecule has 0 radical (unpaired) electrons. The molecule has 3 aromatic rings. The Labute approximate surface area is 227 Å². The molecule has 1 N–H and O–H groups in total. The molecular formula is C29H34ClFN4O3. The topological polar surface area (TPSA) is 74.8 Å². The monoisotopic (exact) mass is 540 g/mol. The van der Waals surface area contributed by atoms with E-state index in [2.05, 4.69) is 10.2 Å². The fourth-order valence-electron chi connectivity index (χ4n) is 4.64. The number of aryl methyl sites for hydroxylation is 1. The molecule has 38 heavy (non-hydrogen) atoms. The van der Waals surface area contributed by atoms with E-state index in [1.165, 1.54) is 6.07 Å². The zero-order valence-electron chi connectivity index (χ0n) is 22.3. The van der Waals surface area contributed by atoms with Gasteiger partial charge in [-0.15, -0.1) is 0 Å². The van der Waals surface area contributed by atoms with Gasteiger partial charge in [-0.05, 0) is 74.7 Å².